The SMILES string of the molecule is COC1CC(C=O)c2ccccc21. The summed E-state index contributed by atoms with van der Waals surface area (Å²) in [6, 6.07) is 7.99. The van der Waals surface area contributed by atoms with Gasteiger partial charge in [0.1, 0.15) is 6.29 Å². The average Bonchev–Trinajstić information content (AvgIpc) is 2.56. The van der Waals surface area contributed by atoms with E-state index in [1.165, 1.54) is 5.56 Å². The van der Waals surface area contributed by atoms with Gasteiger partial charge in [0.2, 0.25) is 0 Å². The predicted octanol–water partition coefficient (Wildman–Crippen LogP) is 2.06. The van der Waals surface area contributed by atoms with Crippen molar-refractivity contribution in [1.82, 2.24) is 0 Å². The summed E-state index contributed by atoms with van der Waals surface area (Å²) in [4.78, 5) is 10.8. The molecule has 0 aromatic heterocycles. The number of hydrogen-bond acceptors (Lipinski definition) is 2. The molecule has 0 heterocycles. The van der Waals surface area contributed by atoms with Crippen LogP contribution in [0.15, 0.2) is 24.3 Å². The zero-order valence-corrected chi connectivity index (χ0v) is 7.57. The maximum absolute atomic E-state index is 10.8. The van der Waals surface area contributed by atoms with Gasteiger partial charge >= 0.3 is 0 Å². The Bertz CT molecular complexity index is 320. The first kappa shape index (κ1) is 8.45. The molecule has 0 fully saturated rings. The average molecular weight is 176 g/mol. The summed E-state index contributed by atoms with van der Waals surface area (Å²) in [5.41, 5.74) is 2.30. The monoisotopic (exact) mass is 176 g/mol. The van der Waals surface area contributed by atoms with Crippen LogP contribution in [0.25, 0.3) is 0 Å². The third-order valence-electron chi connectivity index (χ3n) is 2.66. The molecule has 2 heteroatoms. The molecule has 0 radical (unpaired) electrons. The Kier molecular flexibility index (Phi) is 2.15. The maximum Gasteiger partial charge on any atom is 0.127 e. The Morgan fingerprint density at radius 1 is 1.38 bits per heavy atom. The van der Waals surface area contributed by atoms with Crippen LogP contribution in [0.2, 0.25) is 0 Å². The van der Waals surface area contributed by atoms with E-state index in [1.807, 2.05) is 24.3 Å². The summed E-state index contributed by atoms with van der Waals surface area (Å²) in [7, 11) is 1.69. The van der Waals surface area contributed by atoms with Crippen molar-refractivity contribution >= 4 is 6.29 Å². The molecule has 13 heavy (non-hydrogen) atoms. The Labute approximate surface area is 77.5 Å². The van der Waals surface area contributed by atoms with Gasteiger partial charge in [-0.05, 0) is 17.5 Å². The fourth-order valence-corrected chi connectivity index (χ4v) is 1.98. The highest BCUT2D eigenvalue weighted by molar-refractivity contribution is 5.65. The number of fused-ring (bicyclic) bond motifs is 1. The van der Waals surface area contributed by atoms with E-state index in [-0.39, 0.29) is 12.0 Å². The predicted molar refractivity (Wildman–Crippen MR) is 49.6 cm³/mol. The molecular formula is C11H12O2. The minimum absolute atomic E-state index is 0.0288. The molecule has 0 amide bonds. The molecule has 0 saturated carbocycles. The van der Waals surface area contributed by atoms with Crippen LogP contribution >= 0.6 is 0 Å². The molecule has 2 unspecified atom stereocenters. The molecule has 2 rings (SSSR count). The van der Waals surface area contributed by atoms with Crippen molar-refractivity contribution in [2.24, 2.45) is 0 Å². The number of carbonyl (C=O) groups is 1. The molecule has 0 aliphatic heterocycles. The van der Waals surface area contributed by atoms with Crippen LogP contribution in [0.3, 0.4) is 0 Å². The summed E-state index contributed by atoms with van der Waals surface area (Å²) in [6.45, 7) is 0. The molecule has 1 aliphatic rings. The van der Waals surface area contributed by atoms with Crippen LogP contribution in [0.1, 0.15) is 29.6 Å². The van der Waals surface area contributed by atoms with E-state index in [0.29, 0.717) is 0 Å². The normalized spacial score (nSPS) is 25.6. The summed E-state index contributed by atoms with van der Waals surface area (Å²) in [6.07, 6.45) is 1.91. The van der Waals surface area contributed by atoms with Crippen molar-refractivity contribution < 1.29 is 9.53 Å². The second kappa shape index (κ2) is 3.30. The lowest BCUT2D eigenvalue weighted by Crippen LogP contribution is -1.96. The number of hydrogen-bond donors (Lipinski definition) is 0. The van der Waals surface area contributed by atoms with Crippen molar-refractivity contribution in [3.63, 3.8) is 0 Å². The first-order valence-corrected chi connectivity index (χ1v) is 4.43. The number of carbonyl (C=O) groups excluding carboxylic acids is 1. The summed E-state index contributed by atoms with van der Waals surface area (Å²) in [5.74, 6) is 0.0288. The van der Waals surface area contributed by atoms with Gasteiger partial charge in [-0.3, -0.25) is 0 Å². The van der Waals surface area contributed by atoms with Crippen LogP contribution in [0.4, 0.5) is 0 Å². The Balaban J connectivity index is 2.43. The molecule has 1 aromatic rings. The Hall–Kier alpha value is -1.15. The van der Waals surface area contributed by atoms with Crippen LogP contribution in [-0.2, 0) is 9.53 Å². The smallest absolute Gasteiger partial charge is 0.127 e. The van der Waals surface area contributed by atoms with E-state index in [2.05, 4.69) is 0 Å². The highest BCUT2D eigenvalue weighted by Gasteiger charge is 2.29. The second-order valence-electron chi connectivity index (χ2n) is 3.33. The third kappa shape index (κ3) is 1.27. The van der Waals surface area contributed by atoms with E-state index in [1.54, 1.807) is 7.11 Å². The molecule has 68 valence electrons. The largest absolute Gasteiger partial charge is 0.377 e. The number of ether oxygens (including phenoxy) is 1. The van der Waals surface area contributed by atoms with Crippen molar-refractivity contribution in [2.45, 2.75) is 18.4 Å². The lowest BCUT2D eigenvalue weighted by Gasteiger charge is -2.07. The minimum Gasteiger partial charge on any atom is -0.377 e. The van der Waals surface area contributed by atoms with Gasteiger partial charge < -0.3 is 9.53 Å². The molecular weight excluding hydrogens is 164 g/mol. The molecule has 1 aromatic carbocycles. The number of aldehydes is 1. The zero-order valence-electron chi connectivity index (χ0n) is 7.57. The Morgan fingerprint density at radius 2 is 2.08 bits per heavy atom. The van der Waals surface area contributed by atoms with Gasteiger partial charge in [-0.2, -0.15) is 0 Å². The zero-order chi connectivity index (χ0) is 9.26. The number of benzene rings is 1. The fourth-order valence-electron chi connectivity index (χ4n) is 1.98. The van der Waals surface area contributed by atoms with Gasteiger partial charge in [0.15, 0.2) is 0 Å². The third-order valence-corrected chi connectivity index (χ3v) is 2.66. The standard InChI is InChI=1S/C11H12O2/c1-13-11-6-8(7-12)9-4-2-3-5-10(9)11/h2-5,7-8,11H,6H2,1H3. The molecule has 0 saturated heterocycles. The molecule has 0 bridgehead atoms. The Morgan fingerprint density at radius 3 is 2.69 bits per heavy atom. The summed E-state index contributed by atoms with van der Waals surface area (Å²) >= 11 is 0. The highest BCUT2D eigenvalue weighted by atomic mass is 16.5. The van der Waals surface area contributed by atoms with E-state index in [0.717, 1.165) is 18.3 Å². The molecule has 0 N–H and O–H groups in total. The molecule has 1 aliphatic carbocycles. The number of methoxy groups -OCH3 is 1. The molecule has 2 atom stereocenters. The topological polar surface area (TPSA) is 26.3 Å². The highest BCUT2D eigenvalue weighted by Crippen LogP contribution is 2.40. The first-order chi connectivity index (χ1) is 6.36. The van der Waals surface area contributed by atoms with Gasteiger partial charge in [0.05, 0.1) is 6.10 Å². The van der Waals surface area contributed by atoms with E-state index in [9.17, 15) is 4.79 Å². The second-order valence-corrected chi connectivity index (χ2v) is 3.33. The lowest BCUT2D eigenvalue weighted by atomic mass is 10.0. The number of rotatable bonds is 2. The minimum atomic E-state index is 0.0288. The maximum atomic E-state index is 10.8. The van der Waals surface area contributed by atoms with Gasteiger partial charge in [-0.1, -0.05) is 24.3 Å². The van der Waals surface area contributed by atoms with Gasteiger partial charge in [-0.25, -0.2) is 0 Å². The van der Waals surface area contributed by atoms with Gasteiger partial charge in [0, 0.05) is 13.0 Å². The van der Waals surface area contributed by atoms with Gasteiger partial charge in [0.25, 0.3) is 0 Å². The van der Waals surface area contributed by atoms with Gasteiger partial charge in [-0.15, -0.1) is 0 Å². The van der Waals surface area contributed by atoms with Crippen molar-refractivity contribution in [3.8, 4) is 0 Å². The quantitative estimate of drug-likeness (QED) is 0.645. The van der Waals surface area contributed by atoms with Crippen molar-refractivity contribution in [1.29, 1.82) is 0 Å². The van der Waals surface area contributed by atoms with Crippen molar-refractivity contribution in [2.75, 3.05) is 7.11 Å². The van der Waals surface area contributed by atoms with Crippen LogP contribution in [0, 0.1) is 0 Å². The molecule has 2 nitrogen and oxygen atoms in total. The van der Waals surface area contributed by atoms with Crippen LogP contribution < -0.4 is 0 Å². The van der Waals surface area contributed by atoms with E-state index < -0.39 is 0 Å². The summed E-state index contributed by atoms with van der Waals surface area (Å²) < 4.78 is 5.31. The van der Waals surface area contributed by atoms with Crippen molar-refractivity contribution in [3.05, 3.63) is 35.4 Å². The molecule has 0 spiro atoms. The fraction of sp³-hybridized carbons (Fsp3) is 0.364. The first-order valence-electron chi connectivity index (χ1n) is 4.43. The van der Waals surface area contributed by atoms with E-state index >= 15 is 0 Å². The van der Waals surface area contributed by atoms with Crippen LogP contribution in [0.5, 0.6) is 0 Å². The summed E-state index contributed by atoms with van der Waals surface area (Å²) in [5, 5.41) is 0. The lowest BCUT2D eigenvalue weighted by molar-refractivity contribution is -0.109. The van der Waals surface area contributed by atoms with E-state index in [4.69, 9.17) is 4.74 Å². The van der Waals surface area contributed by atoms with Crippen LogP contribution in [-0.4, -0.2) is 13.4 Å².